The molecule has 5 aliphatic heterocycles. The summed E-state index contributed by atoms with van der Waals surface area (Å²) in [6.07, 6.45) is -1.31. The number of thiol groups is 1. The molecule has 5 rings (SSSR count). The van der Waals surface area contributed by atoms with Gasteiger partial charge in [-0.05, 0) is 38.6 Å². The van der Waals surface area contributed by atoms with Crippen LogP contribution in [0, 0.1) is 35.5 Å². The molecule has 838 valence electrons. The van der Waals surface area contributed by atoms with Gasteiger partial charge in [0.15, 0.2) is 54.6 Å². The van der Waals surface area contributed by atoms with Gasteiger partial charge in [0.1, 0.15) is 44.7 Å². The number of nitrogens with zero attached hydrogens (tertiary/aromatic N) is 2. The Labute approximate surface area is 881 Å². The van der Waals surface area contributed by atoms with Crippen LogP contribution in [0.15, 0.2) is 10.3 Å². The van der Waals surface area contributed by atoms with E-state index in [4.69, 9.17) is 97.5 Å². The number of hydrogen-bond donors (Lipinski definition) is 4. The van der Waals surface area contributed by atoms with E-state index in [2.05, 4.69) is 56.2 Å². The molecule has 144 heavy (non-hydrogen) atoms. The molecule has 21 atom stereocenters. The average Bonchev–Trinajstić information content (AvgIpc) is 1.04. The van der Waals surface area contributed by atoms with Crippen LogP contribution in [0.25, 0.3) is 0 Å². The number of aliphatic hydroxyl groups is 2. The molecular weight excluding hydrogens is 2050 g/mol. The van der Waals surface area contributed by atoms with Gasteiger partial charge in [-0.25, -0.2) is 0 Å². The first kappa shape index (κ1) is 153. The number of halogens is 2. The third-order valence-electron chi connectivity index (χ3n) is 16.5. The van der Waals surface area contributed by atoms with E-state index in [1.54, 1.807) is 27.7 Å². The van der Waals surface area contributed by atoms with E-state index < -0.39 is 232 Å². The SMILES string of the molecule is C1CCOC1.C1CCOC1.CC(=O)OC(C)=O.CC(=O)OC1OC[C@@H](C)[C@H](OC(C)=O)[C@H]1OC(C)=O.CC(=O)OC1SC[C@@H](C)[C@H](OC(C)=O)[C@H]1OC(C)=O.CC(=O)O[C@@H]([C@H](C)COS(C)(=O)=O)[C@H](C=O)OC(C)=O.CC(=O)O[C@H]1[C@H](C)COC(O)[C@@H]1OC(C)=O.CCCCN.CO/N=C/[C@H](OC(C)=O)[C@@H](OC(C)=O)[C@H](C)CO.CO/N=C/[C@H](OC(C)=O)[C@@H](OC(C)=O)[C@H](C)COS(C)(=O)=O.COCl.N.[2H]CF.[Na+].[SH-]. The molecule has 5 saturated heterocycles. The Morgan fingerprint density at radius 1 is 0.472 bits per heavy atom. The van der Waals surface area contributed by atoms with Crippen LogP contribution in [0.5, 0.6) is 0 Å². The van der Waals surface area contributed by atoms with Crippen molar-refractivity contribution in [2.24, 2.45) is 51.6 Å². The number of nitrogens with two attached hydrogens (primary N) is 1. The number of esters is 16. The van der Waals surface area contributed by atoms with E-state index in [-0.39, 0.29) is 100.0 Å². The Hall–Kier alpha value is -8.29. The summed E-state index contributed by atoms with van der Waals surface area (Å²) in [4.78, 5) is 194. The molecule has 0 spiro atoms. The number of oxime groups is 2. The third-order valence-corrected chi connectivity index (χ3v) is 19.1. The van der Waals surface area contributed by atoms with Gasteiger partial charge in [-0.1, -0.05) is 65.2 Å². The maximum Gasteiger partial charge on any atom is 1.00 e. The molecule has 51 nitrogen and oxygen atoms in total. The Morgan fingerprint density at radius 2 is 0.764 bits per heavy atom. The monoisotopic (exact) mass is 2200 g/mol. The first-order valence-electron chi connectivity index (χ1n) is 44.0. The summed E-state index contributed by atoms with van der Waals surface area (Å²) in [7, 11) is -4.32. The van der Waals surface area contributed by atoms with E-state index in [1.165, 1.54) is 182 Å². The minimum absolute atomic E-state index is 0. The number of thioether (sulfide) groups is 1. The zero-order chi connectivity index (χ0) is 111. The fraction of sp³-hybridized carbons (Fsp3) is 0.779. The summed E-state index contributed by atoms with van der Waals surface area (Å²) in [5.41, 5.74) is 4.49. The van der Waals surface area contributed by atoms with Gasteiger partial charge in [0.05, 0.1) is 78.9 Å². The maximum absolute atomic E-state index is 11.2. The van der Waals surface area contributed by atoms with Crippen LogP contribution in [-0.2, 0) is 228 Å². The number of unbranched alkanes of at least 4 members (excludes halogenated alkanes) is 1. The molecule has 5 fully saturated rings. The van der Waals surface area contributed by atoms with Crippen LogP contribution < -0.4 is 41.4 Å². The smallest absolute Gasteiger partial charge is 0.813 e. The Bertz CT molecular complexity index is 3830. The van der Waals surface area contributed by atoms with E-state index >= 15 is 0 Å². The number of aliphatic hydroxyl groups excluding tert-OH is 2. The number of aldehydes is 1. The number of rotatable bonds is 34. The van der Waals surface area contributed by atoms with Crippen molar-refractivity contribution in [3.63, 3.8) is 0 Å². The van der Waals surface area contributed by atoms with Crippen LogP contribution in [0.1, 0.15) is 199 Å². The minimum atomic E-state index is -3.67. The number of alkyl halides is 1. The largest absolute Gasteiger partial charge is 1.00 e. The molecule has 0 aromatic carbocycles. The molecule has 58 heteroatoms. The zero-order valence-electron chi connectivity index (χ0n) is 88.5. The van der Waals surface area contributed by atoms with Gasteiger partial charge >= 0.3 is 125 Å². The molecule has 5 heterocycles. The Kier molecular flexibility index (Phi) is 98.1. The topological polar surface area (TPSA) is 706 Å². The molecule has 0 radical (unpaired) electrons. The van der Waals surface area contributed by atoms with Crippen molar-refractivity contribution in [3.8, 4) is 0 Å². The molecular formula is C86H153ClFN4NaO47S4. The number of ether oxygens (including phenoxy) is 19. The maximum atomic E-state index is 11.2. The van der Waals surface area contributed by atoms with Crippen molar-refractivity contribution < 1.29 is 256 Å². The van der Waals surface area contributed by atoms with Crippen molar-refractivity contribution in [1.82, 2.24) is 6.15 Å². The fourth-order valence-corrected chi connectivity index (χ4v) is 13.2. The van der Waals surface area contributed by atoms with Crippen molar-refractivity contribution >= 4 is 172 Å². The van der Waals surface area contributed by atoms with E-state index in [0.717, 1.165) is 65.5 Å². The van der Waals surface area contributed by atoms with Gasteiger partial charge in [0.2, 0.25) is 12.4 Å². The van der Waals surface area contributed by atoms with Crippen molar-refractivity contribution in [3.05, 3.63) is 0 Å². The summed E-state index contributed by atoms with van der Waals surface area (Å²) in [5.74, 6) is -10.4. The second kappa shape index (κ2) is 92.1. The molecule has 0 aromatic heterocycles. The van der Waals surface area contributed by atoms with E-state index in [1.807, 2.05) is 6.92 Å². The van der Waals surface area contributed by atoms with Gasteiger partial charge in [0, 0.05) is 185 Å². The minimum Gasteiger partial charge on any atom is -0.813 e. The number of hydrogen-bond acceptors (Lipinski definition) is 53. The summed E-state index contributed by atoms with van der Waals surface area (Å²) < 4.78 is 167. The van der Waals surface area contributed by atoms with E-state index in [9.17, 15) is 108 Å². The Morgan fingerprint density at radius 3 is 1.03 bits per heavy atom. The van der Waals surface area contributed by atoms with Crippen LogP contribution in [-0.4, -0.2) is 345 Å². The normalized spacial score (nSPS) is 21.0. The third kappa shape index (κ3) is 88.9. The average molecular weight is 2200 g/mol. The summed E-state index contributed by atoms with van der Waals surface area (Å²) in [6, 6.07) is 0. The number of carbonyl (C=O) groups excluding carboxylic acids is 17. The Balaban J connectivity index is -0.000000178. The van der Waals surface area contributed by atoms with Gasteiger partial charge in [-0.3, -0.25) is 98.6 Å². The fourth-order valence-electron chi connectivity index (χ4n) is 11.0. The first-order chi connectivity index (χ1) is 65.9. The first-order valence-corrected chi connectivity index (χ1v) is 48.3. The molecule has 0 amide bonds. The zero-order valence-corrected chi connectivity index (χ0v) is 93.6. The van der Waals surface area contributed by atoms with Gasteiger partial charge in [-0.2, -0.15) is 16.8 Å². The van der Waals surface area contributed by atoms with Crippen molar-refractivity contribution in [2.75, 3.05) is 113 Å². The molecule has 0 aliphatic carbocycles. The standard InChI is InChI=1S/C12H21NO8S.C12H18O7.C12H18O6S.C11H19NO6.C11H18O8S.C10H16O6.C4H11N.C4H6O3.2C4H8O.CH3ClO.CH3F.H3N.Na.H2S/c1-8(7-19-22(5,16)17)12(21-10(3)15)11(6-13-18-4)20-9(2)14;1-6-5-16-12(19-9(4)15)11(18-8(3)14)10(6)17-7(2)13;1-6-5-19-12(18-9(4)15)11(17-8(3)14)10(6)16-7(2)13;1-7(6-13)11(18-9(3)15)10(5-12-16-4)17-8(2)14;1-7(6-17-20(4,15)16)11(19-9(3)14)10(5-12)18-8(2)13;1-5-4-14-10(13)9(16-7(3)12)8(5)15-6(2)11;1-2-3-4-5;1-3(5)7-4(2)6;2*1-2-4-5-3-1;1-3-2;1-2;;;/h6,8,11-12H,7H2,1-5H3;2*6,10-12H,5H2,1-4H3;5,7,10-11,13H,6H2,1-4H3;5,7,10-11H,6H2,1-4H3;5,8-10,13H,4H2,1-3H3;2-5H2,1H3;1-2H3;2*1-4H2;1H3;1H3;1H3;;1H2/q;;;;;;;;;;;;;+1;/p-1/b13-6+;;;12-5+;;;;;;;;;;;/t8-,11+,12+;2*6-,10+,11-,12?;2*7-,10+,11+;5-,8+,9-,10?;;;;;;;;;/m111111........./s1/i;;;;;;;;;;;1D;;;. The predicted molar refractivity (Wildman–Crippen MR) is 509 cm³/mol. The van der Waals surface area contributed by atoms with Crippen LogP contribution >= 0.6 is 23.6 Å². The second-order valence-corrected chi connectivity index (χ2v) is 35.0. The summed E-state index contributed by atoms with van der Waals surface area (Å²) in [5, 5.41) is 25.6. The van der Waals surface area contributed by atoms with Crippen LogP contribution in [0.3, 0.4) is 0 Å². The summed E-state index contributed by atoms with van der Waals surface area (Å²) in [6.45, 7) is 36.3. The van der Waals surface area contributed by atoms with Crippen molar-refractivity contribution in [2.45, 2.75) is 289 Å². The second-order valence-electron chi connectivity index (χ2n) is 30.3. The quantitative estimate of drug-likeness (QED) is 0.00683. The molecule has 0 aromatic rings. The molecule has 5 aliphatic rings. The molecule has 7 N–H and O–H groups in total. The van der Waals surface area contributed by atoms with Crippen LogP contribution in [0.2, 0.25) is 0 Å². The van der Waals surface area contributed by atoms with Gasteiger partial charge < -0.3 is 135 Å². The van der Waals surface area contributed by atoms with Gasteiger partial charge in [0.25, 0.3) is 20.2 Å². The molecule has 0 saturated carbocycles. The predicted octanol–water partition coefficient (Wildman–Crippen LogP) is 1.93. The van der Waals surface area contributed by atoms with Gasteiger partial charge in [-0.15, -0.1) is 11.8 Å². The molecule has 3 unspecified atom stereocenters. The molecule has 0 bridgehead atoms. The van der Waals surface area contributed by atoms with Crippen LogP contribution in [0.4, 0.5) is 4.39 Å². The number of carbonyl (C=O) groups is 17. The van der Waals surface area contributed by atoms with E-state index in [0.29, 0.717) is 12.0 Å². The van der Waals surface area contributed by atoms with Crippen molar-refractivity contribution in [1.29, 1.82) is 0 Å². The summed E-state index contributed by atoms with van der Waals surface area (Å²) >= 11 is 5.87.